The summed E-state index contributed by atoms with van der Waals surface area (Å²) >= 11 is 0. The molecule has 10 heteroatoms. The van der Waals surface area contributed by atoms with Crippen LogP contribution in [0.25, 0.3) is 0 Å². The van der Waals surface area contributed by atoms with Crippen molar-refractivity contribution in [2.45, 2.75) is 23.4 Å². The minimum atomic E-state index is -1.03. The average Bonchev–Trinajstić information content (AvgIpc) is 2.84. The summed E-state index contributed by atoms with van der Waals surface area (Å²) in [4.78, 5) is 25.8. The molecule has 2 fully saturated rings. The summed E-state index contributed by atoms with van der Waals surface area (Å²) in [5.74, 6) is 0. The van der Waals surface area contributed by atoms with E-state index in [-0.39, 0.29) is 18.8 Å². The maximum Gasteiger partial charge on any atom is 0.330 e. The van der Waals surface area contributed by atoms with E-state index in [1.54, 1.807) is 7.28 Å². The van der Waals surface area contributed by atoms with E-state index in [2.05, 4.69) is 4.98 Å². The van der Waals surface area contributed by atoms with Gasteiger partial charge >= 0.3 is 5.69 Å². The van der Waals surface area contributed by atoms with E-state index >= 15 is 0 Å². The third kappa shape index (κ3) is 2.08. The van der Waals surface area contributed by atoms with Gasteiger partial charge in [0.15, 0.2) is 12.5 Å². The highest BCUT2D eigenvalue weighted by molar-refractivity contribution is 6.77. The first-order valence-corrected chi connectivity index (χ1v) is 6.10. The molecule has 2 aliphatic heterocycles. The summed E-state index contributed by atoms with van der Waals surface area (Å²) < 4.78 is 11.6. The Balaban J connectivity index is 1.98. The number of H-pyrrole nitrogens is 1. The topological polar surface area (TPSA) is 93.6 Å². The van der Waals surface area contributed by atoms with Gasteiger partial charge in [0.25, 0.3) is 5.56 Å². The second-order valence-corrected chi connectivity index (χ2v) is 4.87. The number of hydrogen-bond donors (Lipinski definition) is 2. The normalized spacial score (nSPS) is 35.8. The number of aromatic nitrogens is 2. The van der Waals surface area contributed by atoms with Gasteiger partial charge in [-0.3, -0.25) is 14.3 Å². The van der Waals surface area contributed by atoms with E-state index < -0.39 is 34.7 Å². The van der Waals surface area contributed by atoms with Crippen LogP contribution in [0.1, 0.15) is 11.8 Å². The minimum Gasteiger partial charge on any atom is -0.391 e. The van der Waals surface area contributed by atoms with E-state index in [0.29, 0.717) is 0 Å². The average molecular weight is 271 g/mol. The van der Waals surface area contributed by atoms with Crippen molar-refractivity contribution in [3.63, 3.8) is 0 Å². The first kappa shape index (κ1) is 13.7. The molecule has 2 unspecified atom stereocenters. The van der Waals surface area contributed by atoms with Crippen molar-refractivity contribution in [1.82, 2.24) is 9.55 Å². The molecule has 0 spiro atoms. The van der Waals surface area contributed by atoms with Crippen molar-refractivity contribution in [3.8, 4) is 0 Å². The van der Waals surface area contributed by atoms with Crippen LogP contribution in [0.15, 0.2) is 15.8 Å². The monoisotopic (exact) mass is 271 g/mol. The second kappa shape index (κ2) is 4.65. The third-order valence-electron chi connectivity index (χ3n) is 3.52. The molecule has 5 radical (unpaired) electrons. The number of aliphatic hydroxyl groups excluding tert-OH is 1. The lowest BCUT2D eigenvalue weighted by atomic mass is 9.66. The van der Waals surface area contributed by atoms with Crippen LogP contribution in [-0.4, -0.2) is 57.1 Å². The van der Waals surface area contributed by atoms with Gasteiger partial charge in [0, 0.05) is 11.8 Å². The Morgan fingerprint density at radius 2 is 2.30 bits per heavy atom. The highest BCUT2D eigenvalue weighted by Crippen LogP contribution is 2.43. The van der Waals surface area contributed by atoms with Gasteiger partial charge in [-0.25, -0.2) is 4.79 Å². The lowest BCUT2D eigenvalue weighted by molar-refractivity contribution is -0.0993. The van der Waals surface area contributed by atoms with Gasteiger partial charge in [-0.15, -0.1) is 5.72 Å². The molecule has 2 N–H and O–H groups in total. The van der Waals surface area contributed by atoms with E-state index in [9.17, 15) is 9.59 Å². The number of aliphatic hydroxyl groups is 1. The Kier molecular flexibility index (Phi) is 3.19. The van der Waals surface area contributed by atoms with Gasteiger partial charge < -0.3 is 14.6 Å². The molecule has 2 saturated heterocycles. The van der Waals surface area contributed by atoms with Gasteiger partial charge in [-0.2, -0.15) is 0 Å². The first-order chi connectivity index (χ1) is 9.45. The van der Waals surface area contributed by atoms with Crippen LogP contribution in [0.3, 0.4) is 0 Å². The lowest BCUT2D eigenvalue weighted by Gasteiger charge is -2.17. The molecule has 1 aromatic rings. The Bertz CT molecular complexity index is 647. The lowest BCUT2D eigenvalue weighted by Crippen LogP contribution is -2.37. The fourth-order valence-corrected chi connectivity index (χ4v) is 2.21. The van der Waals surface area contributed by atoms with Gasteiger partial charge in [0.2, 0.25) is 0 Å². The molecule has 7 nitrogen and oxygen atoms in total. The molecular weight excluding hydrogens is 261 g/mol. The Morgan fingerprint density at radius 3 is 2.85 bits per heavy atom. The third-order valence-corrected chi connectivity index (χ3v) is 3.52. The summed E-state index contributed by atoms with van der Waals surface area (Å²) in [5, 5.41) is 7.91. The fraction of sp³-hybridized carbons (Fsp3) is 0.600. The van der Waals surface area contributed by atoms with Gasteiger partial charge in [0.1, 0.15) is 7.28 Å². The first-order valence-electron chi connectivity index (χ1n) is 6.10. The summed E-state index contributed by atoms with van der Waals surface area (Å²) in [6, 6.07) is 0. The number of hydrogen-bond acceptors (Lipinski definition) is 5. The quantitative estimate of drug-likeness (QED) is 0.586. The zero-order chi connectivity index (χ0) is 14.5. The predicted octanol–water partition coefficient (Wildman–Crippen LogP) is -2.65. The molecule has 0 aliphatic carbocycles. The number of nitrogens with one attached hydrogen (secondary N) is 1. The van der Waals surface area contributed by atoms with Crippen LogP contribution in [0.5, 0.6) is 0 Å². The van der Waals surface area contributed by atoms with E-state index in [1.165, 1.54) is 10.8 Å². The molecule has 0 bridgehead atoms. The SMILES string of the molecule is [B]C1[B]C1([B])c1cn([C@H]2CO[C@@H](CO)O2)c(=O)[nH]c1=O. The molecule has 99 valence electrons. The smallest absolute Gasteiger partial charge is 0.330 e. The Morgan fingerprint density at radius 1 is 1.60 bits per heavy atom. The Labute approximate surface area is 117 Å². The van der Waals surface area contributed by atoms with Crippen LogP contribution < -0.4 is 11.2 Å². The van der Waals surface area contributed by atoms with Crippen molar-refractivity contribution in [3.05, 3.63) is 32.6 Å². The summed E-state index contributed by atoms with van der Waals surface area (Å²) in [6.45, 7) is -0.231. The molecule has 0 aromatic carbocycles. The molecule has 1 aromatic heterocycles. The summed E-state index contributed by atoms with van der Waals surface area (Å²) in [7, 11) is 13.2. The van der Waals surface area contributed by atoms with Gasteiger partial charge in [-0.05, 0) is 0 Å². The van der Waals surface area contributed by atoms with Crippen LogP contribution in [0.4, 0.5) is 0 Å². The molecule has 4 atom stereocenters. The van der Waals surface area contributed by atoms with Crippen molar-refractivity contribution < 1.29 is 14.6 Å². The van der Waals surface area contributed by atoms with Crippen LogP contribution in [-0.2, 0) is 14.7 Å². The molecule has 20 heavy (non-hydrogen) atoms. The molecule has 3 rings (SSSR count). The second-order valence-electron chi connectivity index (χ2n) is 4.87. The maximum atomic E-state index is 11.8. The Hall–Kier alpha value is -1.25. The largest absolute Gasteiger partial charge is 0.391 e. The zero-order valence-corrected chi connectivity index (χ0v) is 10.5. The standard InChI is InChI=1S/C10H10B3N2O5/c11-8-10(12,13-8)4-1-15(9(18)14-7(4)17)5-3-19-6(2-16)20-5/h1,5-6,8,16H,2-3H2,(H,14,17,18)/t5-,6-,8?,10?/m1/s1. The molecule has 0 saturated carbocycles. The van der Waals surface area contributed by atoms with Crippen molar-refractivity contribution in [2.75, 3.05) is 13.2 Å². The van der Waals surface area contributed by atoms with Crippen molar-refractivity contribution in [1.29, 1.82) is 0 Å². The molecular formula is C10H10B3N2O5. The van der Waals surface area contributed by atoms with Crippen LogP contribution in [0, 0.1) is 0 Å². The highest BCUT2D eigenvalue weighted by atomic mass is 16.7. The zero-order valence-electron chi connectivity index (χ0n) is 10.5. The van der Waals surface area contributed by atoms with Crippen LogP contribution in [0.2, 0.25) is 5.72 Å². The number of aromatic amines is 1. The number of nitrogens with zero attached hydrogens (tertiary/aromatic N) is 1. The predicted molar refractivity (Wildman–Crippen MR) is 71.0 cm³/mol. The maximum absolute atomic E-state index is 11.8. The number of ether oxygens (including phenoxy) is 2. The summed E-state index contributed by atoms with van der Waals surface area (Å²) in [6.07, 6.45) is -0.184. The number of rotatable bonds is 3. The van der Waals surface area contributed by atoms with E-state index in [4.69, 9.17) is 30.3 Å². The molecule has 0 amide bonds. The van der Waals surface area contributed by atoms with E-state index in [1.807, 2.05) is 0 Å². The fourth-order valence-electron chi connectivity index (χ4n) is 2.21. The van der Waals surface area contributed by atoms with Crippen molar-refractivity contribution >= 4 is 23.0 Å². The van der Waals surface area contributed by atoms with Crippen molar-refractivity contribution in [2.24, 2.45) is 0 Å². The highest BCUT2D eigenvalue weighted by Gasteiger charge is 2.49. The van der Waals surface area contributed by atoms with Gasteiger partial charge in [-0.1, -0.05) is 5.21 Å². The molecule has 2 aliphatic rings. The summed E-state index contributed by atoms with van der Waals surface area (Å²) in [5.41, 5.74) is -1.44. The van der Waals surface area contributed by atoms with Gasteiger partial charge in [0.05, 0.1) is 28.9 Å². The molecule has 3 heterocycles. The minimum absolute atomic E-state index is 0.0873. The van der Waals surface area contributed by atoms with Crippen LogP contribution >= 0.6 is 0 Å². The van der Waals surface area contributed by atoms with E-state index in [0.717, 1.165) is 0 Å².